The molecule has 0 aromatic heterocycles. The molecule has 3 rings (SSSR count). The minimum atomic E-state index is -3.51. The van der Waals surface area contributed by atoms with Gasteiger partial charge >= 0.3 is 0 Å². The largest absolute Gasteiger partial charge is 0.457 e. The maximum Gasteiger partial charge on any atom is 0.242 e. The Morgan fingerprint density at radius 1 is 0.828 bits per heavy atom. The second-order valence-corrected chi connectivity index (χ2v) is 8.65. The number of rotatable bonds is 7. The molecule has 3 aromatic rings. The SMILES string of the molecule is CN(C)S(=O)(=O)c1ccc(C(=O)/C=C/c2ccc(Oc3ccccc3)cc2)cc1. The molecule has 6 heteroatoms. The number of para-hydroxylation sites is 1. The van der Waals surface area contributed by atoms with E-state index in [0.29, 0.717) is 11.3 Å². The quantitative estimate of drug-likeness (QED) is 0.423. The van der Waals surface area contributed by atoms with Gasteiger partial charge in [0.2, 0.25) is 10.0 Å². The maximum absolute atomic E-state index is 12.3. The second-order valence-electron chi connectivity index (χ2n) is 6.49. The molecule has 148 valence electrons. The van der Waals surface area contributed by atoms with Crippen molar-refractivity contribution in [3.8, 4) is 11.5 Å². The Kier molecular flexibility index (Phi) is 6.26. The predicted octanol–water partition coefficient (Wildman–Crippen LogP) is 4.63. The van der Waals surface area contributed by atoms with Crippen LogP contribution in [0.5, 0.6) is 11.5 Å². The average molecular weight is 407 g/mol. The van der Waals surface area contributed by atoms with Gasteiger partial charge in [-0.3, -0.25) is 4.79 Å². The molecule has 0 unspecified atom stereocenters. The summed E-state index contributed by atoms with van der Waals surface area (Å²) < 4.78 is 31.0. The van der Waals surface area contributed by atoms with Crippen LogP contribution in [0.2, 0.25) is 0 Å². The first kappa shape index (κ1) is 20.5. The molecule has 0 atom stereocenters. The van der Waals surface area contributed by atoms with Gasteiger partial charge in [-0.2, -0.15) is 0 Å². The van der Waals surface area contributed by atoms with Gasteiger partial charge in [-0.1, -0.05) is 36.4 Å². The number of benzene rings is 3. The van der Waals surface area contributed by atoms with E-state index in [4.69, 9.17) is 4.74 Å². The Labute approximate surface area is 170 Å². The van der Waals surface area contributed by atoms with Gasteiger partial charge in [0.15, 0.2) is 5.78 Å². The lowest BCUT2D eigenvalue weighted by Gasteiger charge is -2.11. The van der Waals surface area contributed by atoms with E-state index in [9.17, 15) is 13.2 Å². The van der Waals surface area contributed by atoms with E-state index in [1.165, 1.54) is 44.4 Å². The molecule has 0 heterocycles. The van der Waals surface area contributed by atoms with Gasteiger partial charge in [0.1, 0.15) is 11.5 Å². The monoisotopic (exact) mass is 407 g/mol. The molecular formula is C23H21NO4S. The molecule has 0 aliphatic heterocycles. The van der Waals surface area contributed by atoms with Crippen molar-refractivity contribution in [3.63, 3.8) is 0 Å². The molecule has 5 nitrogen and oxygen atoms in total. The van der Waals surface area contributed by atoms with Gasteiger partial charge in [-0.05, 0) is 60.2 Å². The van der Waals surface area contributed by atoms with E-state index in [1.807, 2.05) is 54.6 Å². The standard InChI is InChI=1S/C23H21NO4S/c1-24(2)29(26,27)22-15-11-19(12-16-22)23(25)17-10-18-8-13-21(14-9-18)28-20-6-4-3-5-7-20/h3-17H,1-2H3/b17-10+. The molecule has 0 saturated carbocycles. The van der Waals surface area contributed by atoms with Gasteiger partial charge in [0, 0.05) is 19.7 Å². The van der Waals surface area contributed by atoms with Crippen molar-refractivity contribution in [3.05, 3.63) is 96.1 Å². The van der Waals surface area contributed by atoms with Crippen LogP contribution < -0.4 is 4.74 Å². The Balaban J connectivity index is 1.66. The third-order valence-corrected chi connectivity index (χ3v) is 6.03. The molecule has 0 aliphatic carbocycles. The average Bonchev–Trinajstić information content (AvgIpc) is 2.74. The molecular weight excluding hydrogens is 386 g/mol. The lowest BCUT2D eigenvalue weighted by atomic mass is 10.1. The molecule has 0 aliphatic rings. The van der Waals surface area contributed by atoms with Crippen molar-refractivity contribution in [1.29, 1.82) is 0 Å². The first-order valence-corrected chi connectivity index (χ1v) is 10.4. The minimum Gasteiger partial charge on any atom is -0.457 e. The number of nitrogens with zero attached hydrogens (tertiary/aromatic N) is 1. The summed E-state index contributed by atoms with van der Waals surface area (Å²) in [6, 6.07) is 22.8. The zero-order valence-corrected chi connectivity index (χ0v) is 17.0. The number of carbonyl (C=O) groups is 1. The fourth-order valence-corrected chi connectivity index (χ4v) is 3.44. The van der Waals surface area contributed by atoms with Crippen LogP contribution in [0.1, 0.15) is 15.9 Å². The second kappa shape index (κ2) is 8.86. The number of hydrogen-bond acceptors (Lipinski definition) is 4. The summed E-state index contributed by atoms with van der Waals surface area (Å²) in [5, 5.41) is 0. The summed E-state index contributed by atoms with van der Waals surface area (Å²) in [5.41, 5.74) is 1.27. The van der Waals surface area contributed by atoms with Crippen molar-refractivity contribution in [2.45, 2.75) is 4.90 Å². The van der Waals surface area contributed by atoms with Crippen LogP contribution in [-0.4, -0.2) is 32.6 Å². The highest BCUT2D eigenvalue weighted by Crippen LogP contribution is 2.21. The van der Waals surface area contributed by atoms with Crippen LogP contribution in [0.15, 0.2) is 89.8 Å². The Morgan fingerprint density at radius 2 is 1.41 bits per heavy atom. The highest BCUT2D eigenvalue weighted by molar-refractivity contribution is 7.89. The molecule has 0 fully saturated rings. The van der Waals surface area contributed by atoms with Gasteiger partial charge in [0.05, 0.1) is 4.90 Å². The van der Waals surface area contributed by atoms with Crippen LogP contribution in [0.4, 0.5) is 0 Å². The van der Waals surface area contributed by atoms with Gasteiger partial charge < -0.3 is 4.74 Å². The van der Waals surface area contributed by atoms with E-state index in [0.717, 1.165) is 15.6 Å². The van der Waals surface area contributed by atoms with Gasteiger partial charge in [0.25, 0.3) is 0 Å². The summed E-state index contributed by atoms with van der Waals surface area (Å²) in [6.45, 7) is 0. The number of hydrogen-bond donors (Lipinski definition) is 0. The van der Waals surface area contributed by atoms with E-state index < -0.39 is 10.0 Å². The van der Waals surface area contributed by atoms with Gasteiger partial charge in [-0.15, -0.1) is 0 Å². The number of carbonyl (C=O) groups excluding carboxylic acids is 1. The zero-order chi connectivity index (χ0) is 20.9. The van der Waals surface area contributed by atoms with E-state index >= 15 is 0 Å². The van der Waals surface area contributed by atoms with E-state index in [1.54, 1.807) is 6.08 Å². The van der Waals surface area contributed by atoms with Crippen LogP contribution in [0.25, 0.3) is 6.08 Å². The van der Waals surface area contributed by atoms with Crippen molar-refractivity contribution >= 4 is 21.9 Å². The Bertz CT molecular complexity index is 1100. The van der Waals surface area contributed by atoms with Crippen LogP contribution >= 0.6 is 0 Å². The molecule has 0 radical (unpaired) electrons. The van der Waals surface area contributed by atoms with E-state index in [2.05, 4.69) is 0 Å². The smallest absolute Gasteiger partial charge is 0.242 e. The summed E-state index contributed by atoms with van der Waals surface area (Å²) in [7, 11) is -0.578. The van der Waals surface area contributed by atoms with Crippen molar-refractivity contribution in [2.24, 2.45) is 0 Å². The lowest BCUT2D eigenvalue weighted by molar-refractivity contribution is 0.104. The number of sulfonamides is 1. The molecule has 0 bridgehead atoms. The summed E-state index contributed by atoms with van der Waals surface area (Å²) in [5.74, 6) is 1.26. The lowest BCUT2D eigenvalue weighted by Crippen LogP contribution is -2.22. The fourth-order valence-electron chi connectivity index (χ4n) is 2.54. The zero-order valence-electron chi connectivity index (χ0n) is 16.1. The summed E-state index contributed by atoms with van der Waals surface area (Å²) in [6.07, 6.45) is 3.17. The molecule has 0 amide bonds. The first-order valence-electron chi connectivity index (χ1n) is 8.94. The normalized spacial score (nSPS) is 11.7. The highest BCUT2D eigenvalue weighted by atomic mass is 32.2. The minimum absolute atomic E-state index is 0.150. The van der Waals surface area contributed by atoms with Crippen molar-refractivity contribution in [1.82, 2.24) is 4.31 Å². The molecule has 29 heavy (non-hydrogen) atoms. The maximum atomic E-state index is 12.3. The number of allylic oxidation sites excluding steroid dienone is 1. The first-order chi connectivity index (χ1) is 13.9. The highest BCUT2D eigenvalue weighted by Gasteiger charge is 2.17. The Morgan fingerprint density at radius 3 is 2.00 bits per heavy atom. The van der Waals surface area contributed by atoms with Crippen LogP contribution in [0, 0.1) is 0 Å². The summed E-state index contributed by atoms with van der Waals surface area (Å²) >= 11 is 0. The topological polar surface area (TPSA) is 63.7 Å². The fraction of sp³-hybridized carbons (Fsp3) is 0.0870. The van der Waals surface area contributed by atoms with E-state index in [-0.39, 0.29) is 10.7 Å². The number of ether oxygens (including phenoxy) is 1. The van der Waals surface area contributed by atoms with Crippen LogP contribution in [0.3, 0.4) is 0 Å². The molecule has 3 aromatic carbocycles. The molecule has 0 spiro atoms. The predicted molar refractivity (Wildman–Crippen MR) is 114 cm³/mol. The van der Waals surface area contributed by atoms with Crippen LogP contribution in [-0.2, 0) is 10.0 Å². The van der Waals surface area contributed by atoms with Crippen molar-refractivity contribution < 1.29 is 17.9 Å². The van der Waals surface area contributed by atoms with Crippen molar-refractivity contribution in [2.75, 3.05) is 14.1 Å². The molecule has 0 N–H and O–H groups in total. The molecule has 0 saturated heterocycles. The number of ketones is 1. The van der Waals surface area contributed by atoms with Gasteiger partial charge in [-0.25, -0.2) is 12.7 Å². The Hall–Kier alpha value is -3.22. The third-order valence-electron chi connectivity index (χ3n) is 4.20. The summed E-state index contributed by atoms with van der Waals surface area (Å²) in [4.78, 5) is 12.5. The third kappa shape index (κ3) is 5.19.